The Bertz CT molecular complexity index is 815. The maximum Gasteiger partial charge on any atom is 0.292 e. The minimum absolute atomic E-state index is 0.154. The molecular formula is C20H20BrNO4. The molecule has 0 N–H and O–H groups in total. The van der Waals surface area contributed by atoms with Crippen molar-refractivity contribution in [3.8, 4) is 5.75 Å². The number of hydrogen-bond acceptors (Lipinski definition) is 4. The molecule has 1 spiro atoms. The molecule has 136 valence electrons. The largest absolute Gasteiger partial charge is 0.494 e. The molecule has 26 heavy (non-hydrogen) atoms. The molecular weight excluding hydrogens is 398 g/mol. The van der Waals surface area contributed by atoms with Crippen molar-refractivity contribution in [2.75, 3.05) is 31.3 Å². The lowest BCUT2D eigenvalue weighted by atomic mass is 10.1. The van der Waals surface area contributed by atoms with E-state index in [9.17, 15) is 4.79 Å². The van der Waals surface area contributed by atoms with E-state index in [4.69, 9.17) is 14.2 Å². The predicted molar refractivity (Wildman–Crippen MR) is 101 cm³/mol. The first-order chi connectivity index (χ1) is 12.6. The molecule has 2 aromatic rings. The van der Waals surface area contributed by atoms with Crippen LogP contribution >= 0.6 is 15.9 Å². The van der Waals surface area contributed by atoms with Gasteiger partial charge < -0.3 is 19.1 Å². The van der Waals surface area contributed by atoms with Crippen molar-refractivity contribution < 1.29 is 19.0 Å². The van der Waals surface area contributed by atoms with Crippen molar-refractivity contribution >= 4 is 27.5 Å². The van der Waals surface area contributed by atoms with Crippen LogP contribution in [-0.2, 0) is 20.1 Å². The third kappa shape index (κ3) is 3.02. The average Bonchev–Trinajstić information content (AvgIpc) is 3.21. The van der Waals surface area contributed by atoms with Crippen molar-refractivity contribution in [1.29, 1.82) is 0 Å². The van der Waals surface area contributed by atoms with Gasteiger partial charge in [-0.15, -0.1) is 0 Å². The molecule has 2 aliphatic rings. The van der Waals surface area contributed by atoms with Crippen LogP contribution in [0.1, 0.15) is 17.5 Å². The highest BCUT2D eigenvalue weighted by molar-refractivity contribution is 9.10. The van der Waals surface area contributed by atoms with E-state index in [-0.39, 0.29) is 5.91 Å². The average molecular weight is 418 g/mol. The zero-order valence-corrected chi connectivity index (χ0v) is 16.1. The molecule has 0 aliphatic carbocycles. The van der Waals surface area contributed by atoms with Crippen LogP contribution < -0.4 is 9.64 Å². The van der Waals surface area contributed by atoms with Crippen molar-refractivity contribution in [3.63, 3.8) is 0 Å². The Morgan fingerprint density at radius 2 is 1.88 bits per heavy atom. The Hall–Kier alpha value is -1.89. The third-order valence-electron chi connectivity index (χ3n) is 4.64. The molecule has 2 heterocycles. The van der Waals surface area contributed by atoms with Crippen molar-refractivity contribution in [1.82, 2.24) is 0 Å². The number of hydrogen-bond donors (Lipinski definition) is 0. The summed E-state index contributed by atoms with van der Waals surface area (Å²) in [4.78, 5) is 14.8. The smallest absolute Gasteiger partial charge is 0.292 e. The fraction of sp³-hybridized carbons (Fsp3) is 0.350. The van der Waals surface area contributed by atoms with E-state index in [1.54, 1.807) is 4.90 Å². The van der Waals surface area contributed by atoms with E-state index >= 15 is 0 Å². The first kappa shape index (κ1) is 17.5. The summed E-state index contributed by atoms with van der Waals surface area (Å²) in [7, 11) is 0. The normalized spacial score (nSPS) is 17.8. The van der Waals surface area contributed by atoms with Crippen LogP contribution in [0.15, 0.2) is 46.9 Å². The summed E-state index contributed by atoms with van der Waals surface area (Å²) in [6, 6.07) is 13.7. The zero-order chi connectivity index (χ0) is 18.1. The first-order valence-electron chi connectivity index (χ1n) is 8.69. The second-order valence-electron chi connectivity index (χ2n) is 6.45. The molecule has 0 radical (unpaired) electrons. The lowest BCUT2D eigenvalue weighted by molar-refractivity contribution is -0.180. The SMILES string of the molecule is Cc1ccc(OCCCN2C(=O)C3(OCCO3)c3cc(Br)ccc32)cc1. The Morgan fingerprint density at radius 3 is 2.62 bits per heavy atom. The van der Waals surface area contributed by atoms with E-state index in [1.807, 2.05) is 49.4 Å². The predicted octanol–water partition coefficient (Wildman–Crippen LogP) is 3.77. The number of nitrogens with zero attached hydrogens (tertiary/aromatic N) is 1. The number of fused-ring (bicyclic) bond motifs is 2. The van der Waals surface area contributed by atoms with E-state index < -0.39 is 5.79 Å². The molecule has 4 rings (SSSR count). The number of anilines is 1. The summed E-state index contributed by atoms with van der Waals surface area (Å²) in [6.45, 7) is 3.97. The molecule has 1 fully saturated rings. The quantitative estimate of drug-likeness (QED) is 0.694. The van der Waals surface area contributed by atoms with E-state index in [0.717, 1.165) is 21.5 Å². The summed E-state index contributed by atoms with van der Waals surface area (Å²) in [5.41, 5.74) is 2.81. The van der Waals surface area contributed by atoms with Gasteiger partial charge in [0.1, 0.15) is 5.75 Å². The monoisotopic (exact) mass is 417 g/mol. The Morgan fingerprint density at radius 1 is 1.15 bits per heavy atom. The summed E-state index contributed by atoms with van der Waals surface area (Å²) >= 11 is 3.47. The Balaban J connectivity index is 1.45. The van der Waals surface area contributed by atoms with E-state index in [2.05, 4.69) is 15.9 Å². The summed E-state index contributed by atoms with van der Waals surface area (Å²) in [5.74, 6) is -0.596. The number of aryl methyl sites for hydroxylation is 1. The Kier molecular flexibility index (Phi) is 4.73. The van der Waals surface area contributed by atoms with Gasteiger partial charge in [0.2, 0.25) is 0 Å². The minimum atomic E-state index is -1.28. The molecule has 0 atom stereocenters. The van der Waals surface area contributed by atoms with Crippen LogP contribution in [0.25, 0.3) is 0 Å². The molecule has 1 saturated heterocycles. The third-order valence-corrected chi connectivity index (χ3v) is 5.13. The topological polar surface area (TPSA) is 48.0 Å². The fourth-order valence-corrected chi connectivity index (χ4v) is 3.73. The second-order valence-corrected chi connectivity index (χ2v) is 7.36. The molecule has 2 aromatic carbocycles. The Labute approximate surface area is 161 Å². The van der Waals surface area contributed by atoms with E-state index in [0.29, 0.717) is 32.8 Å². The number of rotatable bonds is 5. The maximum atomic E-state index is 13.0. The second kappa shape index (κ2) is 7.02. The maximum absolute atomic E-state index is 13.0. The number of halogens is 1. The van der Waals surface area contributed by atoms with Crippen LogP contribution in [0.4, 0.5) is 5.69 Å². The van der Waals surface area contributed by atoms with Crippen LogP contribution in [0.5, 0.6) is 5.75 Å². The highest BCUT2D eigenvalue weighted by atomic mass is 79.9. The number of carbonyl (C=O) groups is 1. The van der Waals surface area contributed by atoms with Gasteiger partial charge in [-0.1, -0.05) is 33.6 Å². The van der Waals surface area contributed by atoms with Gasteiger partial charge in [-0.25, -0.2) is 0 Å². The van der Waals surface area contributed by atoms with Crippen molar-refractivity contribution in [3.05, 3.63) is 58.1 Å². The van der Waals surface area contributed by atoms with Crippen molar-refractivity contribution in [2.45, 2.75) is 19.1 Å². The van der Waals surface area contributed by atoms with Gasteiger partial charge in [0.15, 0.2) is 0 Å². The molecule has 5 nitrogen and oxygen atoms in total. The fourth-order valence-electron chi connectivity index (χ4n) is 3.37. The van der Waals surface area contributed by atoms with Gasteiger partial charge in [-0.2, -0.15) is 0 Å². The van der Waals surface area contributed by atoms with Gasteiger partial charge in [-0.05, 0) is 43.7 Å². The van der Waals surface area contributed by atoms with Crippen molar-refractivity contribution in [2.24, 2.45) is 0 Å². The molecule has 1 amide bonds. The zero-order valence-electron chi connectivity index (χ0n) is 14.5. The van der Waals surface area contributed by atoms with Gasteiger partial charge >= 0.3 is 0 Å². The van der Waals surface area contributed by atoms with Gasteiger partial charge in [0.25, 0.3) is 11.7 Å². The number of carbonyl (C=O) groups excluding carboxylic acids is 1. The van der Waals surface area contributed by atoms with Crippen LogP contribution in [0, 0.1) is 6.92 Å². The number of amides is 1. The van der Waals surface area contributed by atoms with Crippen LogP contribution in [0.3, 0.4) is 0 Å². The highest BCUT2D eigenvalue weighted by Crippen LogP contribution is 2.46. The molecule has 2 aliphatic heterocycles. The molecule has 0 aromatic heterocycles. The minimum Gasteiger partial charge on any atom is -0.494 e. The molecule has 0 unspecified atom stereocenters. The molecule has 0 bridgehead atoms. The van der Waals surface area contributed by atoms with E-state index in [1.165, 1.54) is 5.56 Å². The molecule has 0 saturated carbocycles. The number of ether oxygens (including phenoxy) is 3. The first-order valence-corrected chi connectivity index (χ1v) is 9.49. The summed E-state index contributed by atoms with van der Waals surface area (Å²) < 4.78 is 18.2. The molecule has 6 heteroatoms. The lowest BCUT2D eigenvalue weighted by Gasteiger charge is -2.22. The van der Waals surface area contributed by atoms with Crippen LogP contribution in [-0.4, -0.2) is 32.3 Å². The summed E-state index contributed by atoms with van der Waals surface area (Å²) in [5, 5.41) is 0. The standard InChI is InChI=1S/C20H20BrNO4/c1-14-3-6-16(7-4-14)24-10-2-9-22-18-8-5-15(21)13-17(18)20(19(22)23)25-11-12-26-20/h3-8,13H,2,9-12H2,1H3. The van der Waals surface area contributed by atoms with Gasteiger partial charge in [0.05, 0.1) is 25.5 Å². The lowest BCUT2D eigenvalue weighted by Crippen LogP contribution is -2.41. The summed E-state index contributed by atoms with van der Waals surface area (Å²) in [6.07, 6.45) is 0.713. The number of benzene rings is 2. The van der Waals surface area contributed by atoms with Gasteiger partial charge in [0, 0.05) is 16.6 Å². The van der Waals surface area contributed by atoms with Gasteiger partial charge in [-0.3, -0.25) is 4.79 Å². The van der Waals surface area contributed by atoms with Crippen LogP contribution in [0.2, 0.25) is 0 Å². The highest BCUT2D eigenvalue weighted by Gasteiger charge is 2.55.